The van der Waals surface area contributed by atoms with E-state index in [9.17, 15) is 31.2 Å². The third kappa shape index (κ3) is 7.35. The number of piperazine rings is 1. The zero-order valence-corrected chi connectivity index (χ0v) is 26.7. The van der Waals surface area contributed by atoms with Crippen molar-refractivity contribution in [1.82, 2.24) is 9.62 Å². The van der Waals surface area contributed by atoms with Gasteiger partial charge in [0, 0.05) is 42.7 Å². The molecule has 1 heterocycles. The van der Waals surface area contributed by atoms with E-state index >= 15 is 4.39 Å². The SMILES string of the molecule is COC(=O)N(C(=O)[C@@H](N)[C@@H](c1ccc(F)cc1)c1cc(F)cc(F)c1)c1cccc(F)c1CC[C@H]1CNC[C@H](C)N1S(=O)(=O)C1CC1. The van der Waals surface area contributed by atoms with E-state index in [-0.39, 0.29) is 41.3 Å². The molecule has 0 spiro atoms. The number of nitrogens with two attached hydrogens (primary N) is 1. The molecule has 2 aliphatic rings. The van der Waals surface area contributed by atoms with E-state index in [4.69, 9.17) is 10.5 Å². The average molecular weight is 677 g/mol. The first-order chi connectivity index (χ1) is 22.3. The van der Waals surface area contributed by atoms with Crippen LogP contribution in [0, 0.1) is 23.3 Å². The lowest BCUT2D eigenvalue weighted by Gasteiger charge is -2.40. The van der Waals surface area contributed by atoms with Gasteiger partial charge in [0.1, 0.15) is 23.3 Å². The number of nitrogens with one attached hydrogen (secondary N) is 1. The lowest BCUT2D eigenvalue weighted by atomic mass is 9.84. The van der Waals surface area contributed by atoms with E-state index in [1.807, 2.05) is 0 Å². The minimum absolute atomic E-state index is 0.0596. The maximum absolute atomic E-state index is 15.6. The molecule has 2 amide bonds. The molecule has 9 nitrogen and oxygen atoms in total. The molecule has 1 saturated heterocycles. The Morgan fingerprint density at radius 3 is 2.26 bits per heavy atom. The molecule has 1 saturated carbocycles. The molecule has 1 aliphatic heterocycles. The van der Waals surface area contributed by atoms with Gasteiger partial charge in [-0.1, -0.05) is 18.2 Å². The number of rotatable bonds is 10. The Hall–Kier alpha value is -3.85. The summed E-state index contributed by atoms with van der Waals surface area (Å²) in [5.41, 5.74) is 6.39. The Labute approximate surface area is 270 Å². The van der Waals surface area contributed by atoms with E-state index < -0.39 is 68.5 Å². The molecule has 0 radical (unpaired) electrons. The van der Waals surface area contributed by atoms with Gasteiger partial charge in [-0.25, -0.2) is 35.7 Å². The zero-order valence-electron chi connectivity index (χ0n) is 25.8. The monoisotopic (exact) mass is 676 g/mol. The number of imide groups is 1. The summed E-state index contributed by atoms with van der Waals surface area (Å²) >= 11 is 0. The number of hydrogen-bond donors (Lipinski definition) is 2. The van der Waals surface area contributed by atoms with Crippen LogP contribution in [0.3, 0.4) is 0 Å². The van der Waals surface area contributed by atoms with Crippen molar-refractivity contribution in [2.24, 2.45) is 5.73 Å². The van der Waals surface area contributed by atoms with Crippen LogP contribution in [0.5, 0.6) is 0 Å². The van der Waals surface area contributed by atoms with Gasteiger partial charge < -0.3 is 15.8 Å². The van der Waals surface area contributed by atoms with Gasteiger partial charge in [-0.2, -0.15) is 4.31 Å². The van der Waals surface area contributed by atoms with Crippen molar-refractivity contribution in [3.05, 3.63) is 101 Å². The highest BCUT2D eigenvalue weighted by Crippen LogP contribution is 2.36. The van der Waals surface area contributed by atoms with E-state index in [0.29, 0.717) is 36.9 Å². The normalized spacial score (nSPS) is 20.0. The molecular weight excluding hydrogens is 640 g/mol. The summed E-state index contributed by atoms with van der Waals surface area (Å²) < 4.78 is 91.1. The Bertz CT molecular complexity index is 1720. The predicted molar refractivity (Wildman–Crippen MR) is 167 cm³/mol. The third-order valence-electron chi connectivity index (χ3n) is 8.61. The summed E-state index contributed by atoms with van der Waals surface area (Å²) in [7, 11) is -2.56. The molecule has 0 unspecified atom stereocenters. The number of hydrogen-bond acceptors (Lipinski definition) is 7. The Balaban J connectivity index is 1.51. The van der Waals surface area contributed by atoms with Crippen LogP contribution in [0.2, 0.25) is 0 Å². The highest BCUT2D eigenvalue weighted by Gasteiger charge is 2.46. The van der Waals surface area contributed by atoms with Crippen molar-refractivity contribution in [3.63, 3.8) is 0 Å². The molecule has 3 aromatic carbocycles. The van der Waals surface area contributed by atoms with Gasteiger partial charge in [0.2, 0.25) is 10.0 Å². The van der Waals surface area contributed by atoms with Gasteiger partial charge in [-0.3, -0.25) is 4.79 Å². The number of nitrogens with zero attached hydrogens (tertiary/aromatic N) is 2. The second kappa shape index (κ2) is 14.1. The number of ether oxygens (including phenoxy) is 1. The lowest BCUT2D eigenvalue weighted by Crippen LogP contribution is -2.59. The van der Waals surface area contributed by atoms with Crippen molar-refractivity contribution in [2.45, 2.75) is 61.9 Å². The maximum atomic E-state index is 15.6. The largest absolute Gasteiger partial charge is 0.452 e. The third-order valence-corrected chi connectivity index (χ3v) is 11.2. The van der Waals surface area contributed by atoms with Gasteiger partial charge in [-0.05, 0) is 80.1 Å². The molecule has 4 atom stereocenters. The van der Waals surface area contributed by atoms with E-state index in [1.54, 1.807) is 6.92 Å². The standard InChI is InChI=1S/C33H36F4N4O5S/c1-19-17-39-18-25(41(19)47(44,45)26-11-12-26)10-13-27-28(37)4-3-5-29(27)40(33(43)46-2)32(42)31(38)30(20-6-8-22(34)9-7-20)21-14-23(35)16-24(36)15-21/h3-9,14-16,19,25-26,30-31,39H,10-13,17-18,38H2,1-2H3/t19-,25-,30-,31-/m0/s1. The van der Waals surface area contributed by atoms with Gasteiger partial charge in [-0.15, -0.1) is 0 Å². The summed E-state index contributed by atoms with van der Waals surface area (Å²) in [6.07, 6.45) is 0.0607. The first-order valence-corrected chi connectivity index (χ1v) is 16.7. The molecule has 3 aromatic rings. The van der Waals surface area contributed by atoms with Gasteiger partial charge in [0.25, 0.3) is 5.91 Å². The number of methoxy groups -OCH3 is 1. The Kier molecular flexibility index (Phi) is 10.3. The van der Waals surface area contributed by atoms with Crippen molar-refractivity contribution < 1.29 is 40.3 Å². The number of carbonyl (C=O) groups is 2. The van der Waals surface area contributed by atoms with E-state index in [0.717, 1.165) is 37.4 Å². The van der Waals surface area contributed by atoms with Crippen LogP contribution < -0.4 is 16.0 Å². The van der Waals surface area contributed by atoms with E-state index in [1.165, 1.54) is 28.6 Å². The fourth-order valence-electron chi connectivity index (χ4n) is 6.26. The number of halogens is 4. The van der Waals surface area contributed by atoms with Gasteiger partial charge >= 0.3 is 6.09 Å². The molecular formula is C33H36F4N4O5S. The van der Waals surface area contributed by atoms with Gasteiger partial charge in [0.05, 0.1) is 24.1 Å². The minimum Gasteiger partial charge on any atom is -0.452 e. The zero-order chi connectivity index (χ0) is 34.0. The fraction of sp³-hybridized carbons (Fsp3) is 0.394. The maximum Gasteiger partial charge on any atom is 0.420 e. The van der Waals surface area contributed by atoms with Crippen LogP contribution in [-0.2, 0) is 26.0 Å². The molecule has 252 valence electrons. The summed E-state index contributed by atoms with van der Waals surface area (Å²) in [6.45, 7) is 2.59. The Morgan fingerprint density at radius 1 is 0.979 bits per heavy atom. The molecule has 14 heteroatoms. The highest BCUT2D eigenvalue weighted by atomic mass is 32.2. The average Bonchev–Trinajstić information content (AvgIpc) is 3.88. The summed E-state index contributed by atoms with van der Waals surface area (Å²) in [6, 6.07) is 8.58. The van der Waals surface area contributed by atoms with Crippen LogP contribution in [0.25, 0.3) is 0 Å². The molecule has 47 heavy (non-hydrogen) atoms. The molecule has 0 bridgehead atoms. The van der Waals surface area contributed by atoms with Crippen molar-refractivity contribution >= 4 is 27.7 Å². The number of sulfonamides is 1. The second-order valence-corrected chi connectivity index (χ2v) is 14.0. The second-order valence-electron chi connectivity index (χ2n) is 11.9. The number of anilines is 1. The first kappa shape index (κ1) is 34.5. The van der Waals surface area contributed by atoms with Gasteiger partial charge in [0.15, 0.2) is 0 Å². The minimum atomic E-state index is -3.57. The number of benzene rings is 3. The molecule has 5 rings (SSSR count). The van der Waals surface area contributed by atoms with Crippen molar-refractivity contribution in [1.29, 1.82) is 0 Å². The number of carbonyl (C=O) groups excluding carboxylic acids is 2. The summed E-state index contributed by atoms with van der Waals surface area (Å²) in [5.74, 6) is -5.62. The topological polar surface area (TPSA) is 122 Å². The quantitative estimate of drug-likeness (QED) is 0.302. The smallest absolute Gasteiger partial charge is 0.420 e. The van der Waals surface area contributed by atoms with Crippen molar-refractivity contribution in [3.8, 4) is 0 Å². The lowest BCUT2D eigenvalue weighted by molar-refractivity contribution is -0.119. The van der Waals surface area contributed by atoms with Crippen LogP contribution in [0.15, 0.2) is 60.7 Å². The highest BCUT2D eigenvalue weighted by molar-refractivity contribution is 7.90. The summed E-state index contributed by atoms with van der Waals surface area (Å²) in [4.78, 5) is 28.0. The van der Waals surface area contributed by atoms with Crippen LogP contribution in [0.1, 0.15) is 48.8 Å². The first-order valence-electron chi connectivity index (χ1n) is 15.2. The van der Waals surface area contributed by atoms with Crippen molar-refractivity contribution in [2.75, 3.05) is 25.1 Å². The predicted octanol–water partition coefficient (Wildman–Crippen LogP) is 4.59. The molecule has 0 aromatic heterocycles. The number of amides is 2. The molecule has 2 fully saturated rings. The fourth-order valence-corrected chi connectivity index (χ4v) is 8.51. The van der Waals surface area contributed by atoms with Crippen LogP contribution in [-0.4, -0.2) is 68.3 Å². The van der Waals surface area contributed by atoms with Crippen LogP contribution >= 0.6 is 0 Å². The molecule has 3 N–H and O–H groups in total. The van der Waals surface area contributed by atoms with Crippen LogP contribution in [0.4, 0.5) is 28.0 Å². The molecule has 1 aliphatic carbocycles. The summed E-state index contributed by atoms with van der Waals surface area (Å²) in [5, 5.41) is 2.78. The van der Waals surface area contributed by atoms with E-state index in [2.05, 4.69) is 5.32 Å². The Morgan fingerprint density at radius 2 is 1.64 bits per heavy atom.